The molecular weight excluding hydrogens is 699 g/mol. The standard InChI is InChI=1S/C52H37N3S/c1-3-12-36(13-4-1)46-33-47(37-14-5-2-6-15-37)54-52(53-46)38-24-22-34(23-25-38)39-28-31-43-42-16-7-9-20-48(42)55(49(43)32-39)40-29-26-35(27-30-40)41-18-11-19-45-44-17-8-10-21-50(44)56-51(41)45/h1-6,8-14,17-33,37H,7,15-16H2. The quantitative estimate of drug-likeness (QED) is 0.170. The van der Waals surface area contributed by atoms with E-state index in [1.807, 2.05) is 17.4 Å². The van der Waals surface area contributed by atoms with Gasteiger partial charge in [-0.2, -0.15) is 0 Å². The Hall–Kier alpha value is -6.62. The molecule has 0 aliphatic heterocycles. The van der Waals surface area contributed by atoms with Crippen molar-refractivity contribution in [2.75, 3.05) is 0 Å². The Morgan fingerprint density at radius 2 is 1.38 bits per heavy atom. The number of aryl methyl sites for hydroxylation is 1. The van der Waals surface area contributed by atoms with E-state index in [1.54, 1.807) is 0 Å². The van der Waals surface area contributed by atoms with Crippen LogP contribution in [0.15, 0.2) is 176 Å². The first-order valence-corrected chi connectivity index (χ1v) is 20.3. The number of thiophene rings is 1. The van der Waals surface area contributed by atoms with Gasteiger partial charge in [-0.15, -0.1) is 11.3 Å². The van der Waals surface area contributed by atoms with Crippen LogP contribution in [-0.4, -0.2) is 14.5 Å². The Labute approximate surface area is 330 Å². The molecule has 1 unspecified atom stereocenters. The molecule has 266 valence electrons. The van der Waals surface area contributed by atoms with Crippen LogP contribution in [0.1, 0.15) is 35.7 Å². The van der Waals surface area contributed by atoms with Crippen molar-refractivity contribution in [3.8, 4) is 50.6 Å². The second-order valence-electron chi connectivity index (χ2n) is 14.8. The molecule has 1 atom stereocenters. The van der Waals surface area contributed by atoms with Crippen LogP contribution in [-0.2, 0) is 6.42 Å². The maximum atomic E-state index is 5.12. The van der Waals surface area contributed by atoms with Crippen molar-refractivity contribution in [3.63, 3.8) is 0 Å². The highest BCUT2D eigenvalue weighted by atomic mass is 32.1. The summed E-state index contributed by atoms with van der Waals surface area (Å²) in [5.74, 6) is 0.992. The summed E-state index contributed by atoms with van der Waals surface area (Å²) in [6.07, 6.45) is 16.4. The molecule has 11 rings (SSSR count). The van der Waals surface area contributed by atoms with E-state index in [2.05, 4.69) is 181 Å². The van der Waals surface area contributed by atoms with E-state index < -0.39 is 0 Å². The molecule has 3 nitrogen and oxygen atoms in total. The van der Waals surface area contributed by atoms with Crippen molar-refractivity contribution in [2.45, 2.75) is 25.2 Å². The van der Waals surface area contributed by atoms with Crippen LogP contribution in [0.25, 0.3) is 87.7 Å². The van der Waals surface area contributed by atoms with E-state index in [9.17, 15) is 0 Å². The zero-order valence-electron chi connectivity index (χ0n) is 30.8. The molecule has 0 bridgehead atoms. The number of fused-ring (bicyclic) bond motifs is 6. The molecule has 0 radical (unpaired) electrons. The fourth-order valence-corrected chi connectivity index (χ4v) is 9.85. The van der Waals surface area contributed by atoms with Gasteiger partial charge in [0, 0.05) is 54.0 Å². The van der Waals surface area contributed by atoms with Crippen LogP contribution in [0.5, 0.6) is 0 Å². The van der Waals surface area contributed by atoms with Gasteiger partial charge in [0.2, 0.25) is 0 Å². The zero-order valence-corrected chi connectivity index (χ0v) is 31.6. The zero-order chi connectivity index (χ0) is 37.0. The largest absolute Gasteiger partial charge is 0.310 e. The van der Waals surface area contributed by atoms with Crippen molar-refractivity contribution >= 4 is 48.5 Å². The number of rotatable bonds is 6. The lowest BCUT2D eigenvalue weighted by atomic mass is 9.95. The van der Waals surface area contributed by atoms with E-state index in [-0.39, 0.29) is 5.92 Å². The summed E-state index contributed by atoms with van der Waals surface area (Å²) in [4.78, 5) is 10.2. The molecule has 0 saturated heterocycles. The maximum Gasteiger partial charge on any atom is 0.160 e. The van der Waals surface area contributed by atoms with Crippen LogP contribution < -0.4 is 0 Å². The Bertz CT molecular complexity index is 3030. The van der Waals surface area contributed by atoms with Crippen LogP contribution >= 0.6 is 11.3 Å². The Morgan fingerprint density at radius 1 is 0.589 bits per heavy atom. The summed E-state index contributed by atoms with van der Waals surface area (Å²) in [6, 6.07) is 53.0. The summed E-state index contributed by atoms with van der Waals surface area (Å²) in [6.45, 7) is 0. The van der Waals surface area contributed by atoms with Crippen LogP contribution in [0.2, 0.25) is 0 Å². The molecule has 0 saturated carbocycles. The molecule has 0 fully saturated rings. The topological polar surface area (TPSA) is 30.7 Å². The molecule has 6 aromatic carbocycles. The van der Waals surface area contributed by atoms with Gasteiger partial charge in [0.15, 0.2) is 5.82 Å². The lowest BCUT2D eigenvalue weighted by Gasteiger charge is -2.15. The molecular formula is C52H37N3S. The maximum absolute atomic E-state index is 5.12. The minimum Gasteiger partial charge on any atom is -0.310 e. The molecule has 56 heavy (non-hydrogen) atoms. The summed E-state index contributed by atoms with van der Waals surface area (Å²) in [5, 5.41) is 3.99. The van der Waals surface area contributed by atoms with Gasteiger partial charge in [-0.25, -0.2) is 9.97 Å². The molecule has 0 amide bonds. The average molecular weight is 736 g/mol. The predicted octanol–water partition coefficient (Wildman–Crippen LogP) is 14.0. The van der Waals surface area contributed by atoms with Gasteiger partial charge in [-0.05, 0) is 83.5 Å². The summed E-state index contributed by atoms with van der Waals surface area (Å²) in [7, 11) is 0. The summed E-state index contributed by atoms with van der Waals surface area (Å²) >= 11 is 1.88. The Kier molecular flexibility index (Phi) is 7.96. The Morgan fingerprint density at radius 3 is 2.23 bits per heavy atom. The normalized spacial score (nSPS) is 14.9. The summed E-state index contributed by atoms with van der Waals surface area (Å²) in [5.41, 5.74) is 14.1. The smallest absolute Gasteiger partial charge is 0.160 e. The number of nitrogens with zero attached hydrogens (tertiary/aromatic N) is 3. The van der Waals surface area contributed by atoms with Gasteiger partial charge in [-0.1, -0.05) is 146 Å². The molecule has 3 heterocycles. The highest BCUT2D eigenvalue weighted by Gasteiger charge is 2.20. The molecule has 2 aliphatic rings. The van der Waals surface area contributed by atoms with E-state index in [4.69, 9.17) is 9.97 Å². The Balaban J connectivity index is 0.964. The molecule has 4 heteroatoms. The third-order valence-corrected chi connectivity index (χ3v) is 12.7. The van der Waals surface area contributed by atoms with Crippen molar-refractivity contribution in [3.05, 3.63) is 193 Å². The van der Waals surface area contributed by atoms with Gasteiger partial charge in [0.25, 0.3) is 0 Å². The highest BCUT2D eigenvalue weighted by Crippen LogP contribution is 2.41. The summed E-state index contributed by atoms with van der Waals surface area (Å²) < 4.78 is 5.14. The first-order valence-electron chi connectivity index (χ1n) is 19.5. The third-order valence-electron chi connectivity index (χ3n) is 11.4. The van der Waals surface area contributed by atoms with Gasteiger partial charge in [0.1, 0.15) is 0 Å². The SMILES string of the molecule is C1=CCC(c2cc(-c3ccccc3)nc(-c3ccc(-c4ccc5c6c(n(-c7ccc(-c8cccc9c8sc8ccccc89)cc7)c5c4)C=CCC6)cc3)n2)C=C1. The fourth-order valence-electron chi connectivity index (χ4n) is 8.61. The lowest BCUT2D eigenvalue weighted by molar-refractivity contribution is 0.811. The van der Waals surface area contributed by atoms with E-state index in [0.29, 0.717) is 0 Å². The molecule has 0 N–H and O–H groups in total. The van der Waals surface area contributed by atoms with E-state index >= 15 is 0 Å². The third kappa shape index (κ3) is 5.64. The van der Waals surface area contributed by atoms with Gasteiger partial charge in [-0.3, -0.25) is 0 Å². The number of allylic oxidation sites excluding steroid dienone is 5. The average Bonchev–Trinajstić information content (AvgIpc) is 3.83. The monoisotopic (exact) mass is 735 g/mol. The fraction of sp³-hybridized carbons (Fsp3) is 0.0769. The lowest BCUT2D eigenvalue weighted by Crippen LogP contribution is -2.04. The number of benzene rings is 6. The number of hydrogen-bond donors (Lipinski definition) is 0. The highest BCUT2D eigenvalue weighted by molar-refractivity contribution is 7.26. The molecule has 2 aliphatic carbocycles. The van der Waals surface area contributed by atoms with Crippen molar-refractivity contribution in [2.24, 2.45) is 0 Å². The van der Waals surface area contributed by atoms with Gasteiger partial charge in [0.05, 0.1) is 16.9 Å². The second kappa shape index (κ2) is 13.6. The van der Waals surface area contributed by atoms with Gasteiger partial charge < -0.3 is 4.57 Å². The first-order chi connectivity index (χ1) is 27.7. The molecule has 9 aromatic rings. The number of aromatic nitrogens is 3. The van der Waals surface area contributed by atoms with Crippen LogP contribution in [0.3, 0.4) is 0 Å². The van der Waals surface area contributed by atoms with Crippen molar-refractivity contribution < 1.29 is 0 Å². The van der Waals surface area contributed by atoms with E-state index in [0.717, 1.165) is 47.6 Å². The van der Waals surface area contributed by atoms with Crippen molar-refractivity contribution in [1.29, 1.82) is 0 Å². The van der Waals surface area contributed by atoms with Crippen molar-refractivity contribution in [1.82, 2.24) is 14.5 Å². The van der Waals surface area contributed by atoms with E-state index in [1.165, 1.54) is 70.3 Å². The number of hydrogen-bond acceptors (Lipinski definition) is 3. The van der Waals surface area contributed by atoms with Crippen LogP contribution in [0, 0.1) is 0 Å². The predicted molar refractivity (Wildman–Crippen MR) is 236 cm³/mol. The minimum atomic E-state index is 0.235. The van der Waals surface area contributed by atoms with Crippen LogP contribution in [0.4, 0.5) is 0 Å². The van der Waals surface area contributed by atoms with Gasteiger partial charge >= 0.3 is 0 Å². The minimum absolute atomic E-state index is 0.235. The second-order valence-corrected chi connectivity index (χ2v) is 15.9. The first kappa shape index (κ1) is 32.8. The molecule has 0 spiro atoms. The molecule has 3 aromatic heterocycles.